The van der Waals surface area contributed by atoms with Crippen molar-refractivity contribution in [3.63, 3.8) is 0 Å². The molecule has 1 saturated heterocycles. The first-order chi connectivity index (χ1) is 12.3. The Morgan fingerprint density at radius 1 is 1.38 bits per heavy atom. The molecule has 144 valence electrons. The van der Waals surface area contributed by atoms with E-state index in [0.717, 1.165) is 0 Å². The maximum absolute atomic E-state index is 12.9. The lowest BCUT2D eigenvalue weighted by atomic mass is 10.0. The maximum Gasteiger partial charge on any atom is 0.407 e. The number of halogens is 4. The first-order valence-electron chi connectivity index (χ1n) is 8.27. The van der Waals surface area contributed by atoms with Crippen LogP contribution in [-0.4, -0.2) is 47.7 Å². The average Bonchev–Trinajstić information content (AvgIpc) is 3.19. The van der Waals surface area contributed by atoms with Gasteiger partial charge in [-0.3, -0.25) is 4.79 Å². The van der Waals surface area contributed by atoms with Gasteiger partial charge in [-0.15, -0.1) is 0 Å². The van der Waals surface area contributed by atoms with E-state index in [9.17, 15) is 22.8 Å². The summed E-state index contributed by atoms with van der Waals surface area (Å²) in [4.78, 5) is 25.2. The molecule has 0 spiro atoms. The molecule has 26 heavy (non-hydrogen) atoms. The summed E-state index contributed by atoms with van der Waals surface area (Å²) in [7, 11) is 0. The van der Waals surface area contributed by atoms with Crippen LogP contribution in [0.4, 0.5) is 23.7 Å². The molecule has 1 aromatic heterocycles. The SMILES string of the molecule is O=C(N[C@H]1CCC[C@H]1C(F)(F)F)O[C@@H]1CCN(c2cn[nH]c(=O)c2Cl)C1. The first kappa shape index (κ1) is 18.8. The Kier molecular flexibility index (Phi) is 5.31. The van der Waals surface area contributed by atoms with E-state index in [-0.39, 0.29) is 24.4 Å². The number of carbonyl (C=O) groups is 1. The Morgan fingerprint density at radius 3 is 2.88 bits per heavy atom. The van der Waals surface area contributed by atoms with Crippen molar-refractivity contribution in [3.8, 4) is 0 Å². The number of nitrogens with one attached hydrogen (secondary N) is 2. The molecule has 1 aromatic rings. The van der Waals surface area contributed by atoms with Crippen LogP contribution in [0, 0.1) is 5.92 Å². The van der Waals surface area contributed by atoms with E-state index >= 15 is 0 Å². The minimum Gasteiger partial charge on any atom is -0.444 e. The van der Waals surface area contributed by atoms with E-state index in [1.54, 1.807) is 4.90 Å². The van der Waals surface area contributed by atoms with Gasteiger partial charge in [0, 0.05) is 19.0 Å². The Bertz CT molecular complexity index is 727. The third-order valence-corrected chi connectivity index (χ3v) is 5.14. The average molecular weight is 395 g/mol. The minimum absolute atomic E-state index is 0.0101. The summed E-state index contributed by atoms with van der Waals surface area (Å²) >= 11 is 5.95. The van der Waals surface area contributed by atoms with Gasteiger partial charge < -0.3 is 15.0 Å². The smallest absolute Gasteiger partial charge is 0.407 e. The van der Waals surface area contributed by atoms with Crippen LogP contribution in [0.15, 0.2) is 11.0 Å². The number of alkyl halides is 3. The lowest BCUT2D eigenvalue weighted by Crippen LogP contribution is -2.44. The van der Waals surface area contributed by atoms with Gasteiger partial charge in [-0.1, -0.05) is 18.0 Å². The molecule has 1 saturated carbocycles. The van der Waals surface area contributed by atoms with Crippen molar-refractivity contribution >= 4 is 23.4 Å². The van der Waals surface area contributed by atoms with Gasteiger partial charge in [-0.25, -0.2) is 9.89 Å². The van der Waals surface area contributed by atoms with Crippen LogP contribution in [0.2, 0.25) is 5.02 Å². The number of hydrogen-bond acceptors (Lipinski definition) is 5. The number of hydrogen-bond donors (Lipinski definition) is 2. The van der Waals surface area contributed by atoms with E-state index in [1.807, 2.05) is 0 Å². The summed E-state index contributed by atoms with van der Waals surface area (Å²) < 4.78 is 44.0. The van der Waals surface area contributed by atoms with Crippen LogP contribution in [0.1, 0.15) is 25.7 Å². The number of alkyl carbamates (subject to hydrolysis) is 1. The van der Waals surface area contributed by atoms with Crippen molar-refractivity contribution < 1.29 is 22.7 Å². The highest BCUT2D eigenvalue weighted by Gasteiger charge is 2.47. The van der Waals surface area contributed by atoms with E-state index in [1.165, 1.54) is 6.20 Å². The largest absolute Gasteiger partial charge is 0.444 e. The fraction of sp³-hybridized carbons (Fsp3) is 0.667. The highest BCUT2D eigenvalue weighted by atomic mass is 35.5. The quantitative estimate of drug-likeness (QED) is 0.822. The zero-order chi connectivity index (χ0) is 18.9. The fourth-order valence-corrected chi connectivity index (χ4v) is 3.71. The predicted octanol–water partition coefficient (Wildman–Crippen LogP) is 2.46. The van der Waals surface area contributed by atoms with E-state index in [0.29, 0.717) is 25.1 Å². The number of anilines is 1. The number of carbonyl (C=O) groups excluding carboxylic acids is 1. The van der Waals surface area contributed by atoms with Crippen molar-refractivity contribution in [3.05, 3.63) is 21.6 Å². The van der Waals surface area contributed by atoms with Crippen molar-refractivity contribution in [1.82, 2.24) is 15.5 Å². The van der Waals surface area contributed by atoms with E-state index < -0.39 is 35.9 Å². The highest BCUT2D eigenvalue weighted by Crippen LogP contribution is 2.39. The van der Waals surface area contributed by atoms with E-state index in [4.69, 9.17) is 16.3 Å². The summed E-state index contributed by atoms with van der Waals surface area (Å²) in [5.41, 5.74) is -0.0967. The Labute approximate surface area is 151 Å². The number of aromatic amines is 1. The lowest BCUT2D eigenvalue weighted by molar-refractivity contribution is -0.177. The second-order valence-corrected chi connectivity index (χ2v) is 6.87. The predicted molar refractivity (Wildman–Crippen MR) is 87.3 cm³/mol. The molecule has 2 N–H and O–H groups in total. The number of aromatic nitrogens is 2. The summed E-state index contributed by atoms with van der Waals surface area (Å²) in [5.74, 6) is -1.53. The summed E-state index contributed by atoms with van der Waals surface area (Å²) in [5, 5.41) is 8.23. The van der Waals surface area contributed by atoms with Gasteiger partial charge in [-0.05, 0) is 12.8 Å². The van der Waals surface area contributed by atoms with Gasteiger partial charge in [-0.2, -0.15) is 18.3 Å². The third kappa shape index (κ3) is 4.05. The van der Waals surface area contributed by atoms with Crippen molar-refractivity contribution in [1.29, 1.82) is 0 Å². The van der Waals surface area contributed by atoms with Gasteiger partial charge >= 0.3 is 12.3 Å². The number of rotatable bonds is 3. The second kappa shape index (κ2) is 7.34. The molecule has 0 aromatic carbocycles. The second-order valence-electron chi connectivity index (χ2n) is 6.49. The van der Waals surface area contributed by atoms with Gasteiger partial charge in [0.2, 0.25) is 0 Å². The molecular formula is C15H18ClF3N4O3. The van der Waals surface area contributed by atoms with Crippen LogP contribution < -0.4 is 15.8 Å². The van der Waals surface area contributed by atoms with Gasteiger partial charge in [0.15, 0.2) is 0 Å². The molecule has 1 aliphatic carbocycles. The van der Waals surface area contributed by atoms with Gasteiger partial charge in [0.05, 0.1) is 24.3 Å². The standard InChI is InChI=1S/C15H18ClF3N4O3/c16-12-11(6-20-22-13(12)24)23-5-4-8(7-23)26-14(25)21-10-3-1-2-9(10)15(17,18)19/h6,8-10H,1-5,7H2,(H,21,25)(H,22,24)/t8-,9-,10+/m1/s1. The Balaban J connectivity index is 1.55. The fourth-order valence-electron chi connectivity index (χ4n) is 3.50. The first-order valence-corrected chi connectivity index (χ1v) is 8.65. The molecule has 11 heteroatoms. The molecular weight excluding hydrogens is 377 g/mol. The zero-order valence-corrected chi connectivity index (χ0v) is 14.4. The molecule has 0 unspecified atom stereocenters. The molecule has 2 aliphatic rings. The number of H-pyrrole nitrogens is 1. The molecule has 7 nitrogen and oxygen atoms in total. The van der Waals surface area contributed by atoms with E-state index in [2.05, 4.69) is 15.5 Å². The molecule has 3 atom stereocenters. The summed E-state index contributed by atoms with van der Waals surface area (Å²) in [6, 6.07) is -0.952. The maximum atomic E-state index is 12.9. The minimum atomic E-state index is -4.33. The van der Waals surface area contributed by atoms with Crippen LogP contribution >= 0.6 is 11.6 Å². The molecule has 2 heterocycles. The zero-order valence-electron chi connectivity index (χ0n) is 13.7. The van der Waals surface area contributed by atoms with Crippen LogP contribution in [0.25, 0.3) is 0 Å². The number of amides is 1. The Hall–Kier alpha value is -1.97. The highest BCUT2D eigenvalue weighted by molar-refractivity contribution is 6.33. The number of nitrogens with zero attached hydrogens (tertiary/aromatic N) is 2. The molecule has 0 bridgehead atoms. The lowest BCUT2D eigenvalue weighted by Gasteiger charge is -2.24. The molecule has 1 aliphatic heterocycles. The monoisotopic (exact) mass is 394 g/mol. The summed E-state index contributed by atoms with van der Waals surface area (Å²) in [6.45, 7) is 0.767. The van der Waals surface area contributed by atoms with Crippen LogP contribution in [-0.2, 0) is 4.74 Å². The summed E-state index contributed by atoms with van der Waals surface area (Å²) in [6.07, 6.45) is -3.10. The van der Waals surface area contributed by atoms with Crippen LogP contribution in [0.5, 0.6) is 0 Å². The van der Waals surface area contributed by atoms with Crippen LogP contribution in [0.3, 0.4) is 0 Å². The Morgan fingerprint density at radius 2 is 2.15 bits per heavy atom. The number of ether oxygens (including phenoxy) is 1. The topological polar surface area (TPSA) is 87.3 Å². The normalized spacial score (nSPS) is 26.2. The van der Waals surface area contributed by atoms with Crippen molar-refractivity contribution in [2.75, 3.05) is 18.0 Å². The van der Waals surface area contributed by atoms with Crippen molar-refractivity contribution in [2.45, 2.75) is 44.0 Å². The third-order valence-electron chi connectivity index (χ3n) is 4.78. The van der Waals surface area contributed by atoms with Gasteiger partial charge in [0.1, 0.15) is 11.1 Å². The van der Waals surface area contributed by atoms with Gasteiger partial charge in [0.25, 0.3) is 5.56 Å². The molecule has 0 radical (unpaired) electrons. The molecule has 1 amide bonds. The van der Waals surface area contributed by atoms with Crippen molar-refractivity contribution in [2.24, 2.45) is 5.92 Å². The molecule has 2 fully saturated rings. The molecule has 3 rings (SSSR count).